The van der Waals surface area contributed by atoms with Gasteiger partial charge < -0.3 is 19.4 Å². The molecule has 138 valence electrons. The van der Waals surface area contributed by atoms with E-state index in [-0.39, 0.29) is 22.8 Å². The molecule has 2 aromatic carbocycles. The van der Waals surface area contributed by atoms with Crippen LogP contribution in [0.4, 0.5) is 5.69 Å². The highest BCUT2D eigenvalue weighted by Gasteiger charge is 2.13. The second-order valence-electron chi connectivity index (χ2n) is 5.17. The van der Waals surface area contributed by atoms with Gasteiger partial charge in [0, 0.05) is 12.1 Å². The Morgan fingerprint density at radius 3 is 2.70 bits per heavy atom. The molecule has 0 amide bonds. The summed E-state index contributed by atoms with van der Waals surface area (Å²) in [7, 11) is 1.38. The van der Waals surface area contributed by atoms with Crippen molar-refractivity contribution >= 4 is 39.2 Å². The lowest BCUT2D eigenvalue weighted by Gasteiger charge is -2.14. The summed E-state index contributed by atoms with van der Waals surface area (Å²) in [4.78, 5) is 21.0. The van der Waals surface area contributed by atoms with Crippen LogP contribution in [0.25, 0.3) is 11.6 Å². The highest BCUT2D eigenvalue weighted by atomic mass is 79.9. The molecule has 9 heteroatoms. The van der Waals surface area contributed by atoms with E-state index < -0.39 is 17.5 Å². The van der Waals surface area contributed by atoms with Crippen LogP contribution in [0.15, 0.2) is 40.9 Å². The number of halogens is 1. The van der Waals surface area contributed by atoms with Crippen molar-refractivity contribution in [3.8, 4) is 17.6 Å². The third-order valence-corrected chi connectivity index (χ3v) is 3.97. The zero-order chi connectivity index (χ0) is 20.0. The Hall–Kier alpha value is -3.38. The van der Waals surface area contributed by atoms with E-state index in [9.17, 15) is 25.3 Å². The molecule has 0 aliphatic rings. The van der Waals surface area contributed by atoms with Gasteiger partial charge in [-0.3, -0.25) is 10.1 Å². The van der Waals surface area contributed by atoms with Crippen LogP contribution in [0.5, 0.6) is 11.5 Å². The van der Waals surface area contributed by atoms with Crippen molar-refractivity contribution in [1.82, 2.24) is 0 Å². The lowest BCUT2D eigenvalue weighted by Crippen LogP contribution is -2.29. The first-order chi connectivity index (χ1) is 12.8. The van der Waals surface area contributed by atoms with Crippen LogP contribution in [0, 0.1) is 21.4 Å². The summed E-state index contributed by atoms with van der Waals surface area (Å²) in [5.41, 5.74) is 1.01. The molecule has 0 saturated heterocycles. The number of hydrogen-bond acceptors (Lipinski definition) is 7. The number of nitrogens with zero attached hydrogens (tertiary/aromatic N) is 2. The van der Waals surface area contributed by atoms with Crippen LogP contribution in [-0.2, 0) is 4.79 Å². The van der Waals surface area contributed by atoms with Crippen LogP contribution in [-0.4, -0.2) is 24.6 Å². The number of non-ortho nitro benzene ring substituents is 1. The first-order valence-corrected chi connectivity index (χ1v) is 8.21. The molecule has 2 aromatic rings. The van der Waals surface area contributed by atoms with Gasteiger partial charge in [0.15, 0.2) is 11.5 Å². The number of nitro benzene ring substituents is 1. The number of carbonyl (C=O) groups is 1. The van der Waals surface area contributed by atoms with Crippen LogP contribution in [0.3, 0.4) is 0 Å². The molecule has 0 fully saturated rings. The fourth-order valence-electron chi connectivity index (χ4n) is 2.23. The van der Waals surface area contributed by atoms with Crippen LogP contribution >= 0.6 is 15.9 Å². The highest BCUT2D eigenvalue weighted by molar-refractivity contribution is 9.10. The number of benzene rings is 2. The maximum absolute atomic E-state index is 10.9. The van der Waals surface area contributed by atoms with Crippen molar-refractivity contribution in [1.29, 1.82) is 5.26 Å². The Balaban J connectivity index is 2.45. The summed E-state index contributed by atoms with van der Waals surface area (Å²) in [5, 5.41) is 30.9. The lowest BCUT2D eigenvalue weighted by atomic mass is 10.0. The van der Waals surface area contributed by atoms with E-state index in [0.29, 0.717) is 15.6 Å². The first kappa shape index (κ1) is 19.9. The van der Waals surface area contributed by atoms with Crippen molar-refractivity contribution in [2.75, 3.05) is 13.7 Å². The lowest BCUT2D eigenvalue weighted by molar-refractivity contribution is -0.384. The molecule has 8 nitrogen and oxygen atoms in total. The number of aliphatic carboxylic acids is 1. The zero-order valence-corrected chi connectivity index (χ0v) is 15.6. The van der Waals surface area contributed by atoms with Crippen molar-refractivity contribution in [2.45, 2.75) is 0 Å². The van der Waals surface area contributed by atoms with Crippen LogP contribution in [0.1, 0.15) is 11.1 Å². The van der Waals surface area contributed by atoms with Crippen molar-refractivity contribution in [3.63, 3.8) is 0 Å². The molecule has 0 aliphatic heterocycles. The molecule has 0 atom stereocenters. The van der Waals surface area contributed by atoms with Gasteiger partial charge in [-0.1, -0.05) is 12.1 Å². The van der Waals surface area contributed by atoms with Gasteiger partial charge in [-0.15, -0.1) is 0 Å². The van der Waals surface area contributed by atoms with Crippen molar-refractivity contribution in [2.24, 2.45) is 0 Å². The Morgan fingerprint density at radius 1 is 1.37 bits per heavy atom. The number of ether oxygens (including phenoxy) is 2. The number of carboxylic acid groups (broad SMARTS) is 1. The molecule has 0 N–H and O–H groups in total. The van der Waals surface area contributed by atoms with Gasteiger partial charge >= 0.3 is 0 Å². The topological polar surface area (TPSA) is 126 Å². The predicted octanol–water partition coefficient (Wildman–Crippen LogP) is 2.56. The maximum Gasteiger partial charge on any atom is 0.270 e. The Kier molecular flexibility index (Phi) is 6.51. The number of allylic oxidation sites excluding steroid dienone is 1. The van der Waals surface area contributed by atoms with Gasteiger partial charge in [0.1, 0.15) is 6.61 Å². The SMILES string of the molecule is COc1cc(/C=C(\C#N)c2cccc([N+](=O)[O-])c2)cc(Br)c1OCC(=O)[O-]. The minimum absolute atomic E-state index is 0.126. The van der Waals surface area contributed by atoms with Crippen LogP contribution < -0.4 is 14.6 Å². The average molecular weight is 432 g/mol. The zero-order valence-electron chi connectivity index (χ0n) is 14.0. The molecule has 0 saturated carbocycles. The molecule has 0 spiro atoms. The van der Waals surface area contributed by atoms with Gasteiger partial charge in [-0.2, -0.15) is 5.26 Å². The number of hydrogen-bond donors (Lipinski definition) is 0. The standard InChI is InChI=1S/C18H13BrN2O6/c1-26-16-7-11(6-15(19)18(16)27-10-17(22)23)5-13(9-20)12-3-2-4-14(8-12)21(24)25/h2-8H,10H2,1H3,(H,22,23)/p-1/b13-5+. The van der Waals surface area contributed by atoms with Gasteiger partial charge in [0.25, 0.3) is 5.69 Å². The molecule has 0 heterocycles. The van der Waals surface area contributed by atoms with E-state index in [0.717, 1.165) is 0 Å². The average Bonchev–Trinajstić information content (AvgIpc) is 2.64. The van der Waals surface area contributed by atoms with E-state index in [4.69, 9.17) is 9.47 Å². The summed E-state index contributed by atoms with van der Waals surface area (Å²) in [5.74, 6) is -0.966. The quantitative estimate of drug-likeness (QED) is 0.285. The second kappa shape index (κ2) is 8.82. The summed E-state index contributed by atoms with van der Waals surface area (Å²) < 4.78 is 10.7. The van der Waals surface area contributed by atoms with E-state index >= 15 is 0 Å². The number of methoxy groups -OCH3 is 1. The smallest absolute Gasteiger partial charge is 0.270 e. The molecule has 0 unspecified atom stereocenters. The minimum atomic E-state index is -1.38. The molecule has 27 heavy (non-hydrogen) atoms. The van der Waals surface area contributed by atoms with Gasteiger partial charge in [-0.05, 0) is 45.3 Å². The maximum atomic E-state index is 10.9. The minimum Gasteiger partial charge on any atom is -0.546 e. The summed E-state index contributed by atoms with van der Waals surface area (Å²) >= 11 is 3.27. The molecule has 0 bridgehead atoms. The second-order valence-corrected chi connectivity index (χ2v) is 6.03. The largest absolute Gasteiger partial charge is 0.546 e. The molecule has 0 aromatic heterocycles. The van der Waals surface area contributed by atoms with Crippen molar-refractivity contribution < 1.29 is 24.3 Å². The van der Waals surface area contributed by atoms with E-state index in [1.165, 1.54) is 31.4 Å². The summed E-state index contributed by atoms with van der Waals surface area (Å²) in [6, 6.07) is 10.9. The van der Waals surface area contributed by atoms with Crippen LogP contribution in [0.2, 0.25) is 0 Å². The van der Waals surface area contributed by atoms with Gasteiger partial charge in [0.2, 0.25) is 0 Å². The fourth-order valence-corrected chi connectivity index (χ4v) is 2.80. The van der Waals surface area contributed by atoms with Gasteiger partial charge in [0.05, 0.1) is 34.1 Å². The number of carboxylic acids is 1. The number of nitro groups is 1. The third-order valence-electron chi connectivity index (χ3n) is 3.39. The predicted molar refractivity (Wildman–Crippen MR) is 97.8 cm³/mol. The Labute approximate surface area is 162 Å². The summed E-state index contributed by atoms with van der Waals surface area (Å²) in [6.07, 6.45) is 1.52. The van der Waals surface area contributed by atoms with E-state index in [1.54, 1.807) is 18.2 Å². The third kappa shape index (κ3) is 5.05. The van der Waals surface area contributed by atoms with E-state index in [2.05, 4.69) is 15.9 Å². The molecule has 2 rings (SSSR count). The fraction of sp³-hybridized carbons (Fsp3) is 0.111. The molecular formula is C18H12BrN2O6-. The Bertz CT molecular complexity index is 965. The molecule has 0 radical (unpaired) electrons. The number of carbonyl (C=O) groups excluding carboxylic acids is 1. The highest BCUT2D eigenvalue weighted by Crippen LogP contribution is 2.37. The normalized spacial score (nSPS) is 10.8. The Morgan fingerprint density at radius 2 is 2.11 bits per heavy atom. The molecular weight excluding hydrogens is 420 g/mol. The first-order valence-electron chi connectivity index (χ1n) is 7.42. The summed E-state index contributed by atoms with van der Waals surface area (Å²) in [6.45, 7) is -0.652. The number of nitriles is 1. The number of rotatable bonds is 7. The van der Waals surface area contributed by atoms with E-state index in [1.807, 2.05) is 6.07 Å². The van der Waals surface area contributed by atoms with Gasteiger partial charge in [-0.25, -0.2) is 0 Å². The monoisotopic (exact) mass is 431 g/mol. The molecule has 0 aliphatic carbocycles. The van der Waals surface area contributed by atoms with Crippen molar-refractivity contribution in [3.05, 3.63) is 62.1 Å².